The van der Waals surface area contributed by atoms with Gasteiger partial charge in [-0.1, -0.05) is 0 Å². The lowest BCUT2D eigenvalue weighted by molar-refractivity contribution is -0.126. The summed E-state index contributed by atoms with van der Waals surface area (Å²) in [6.07, 6.45) is 12.6. The molecule has 0 aromatic rings. The predicted octanol–water partition coefficient (Wildman–Crippen LogP) is 3.96. The van der Waals surface area contributed by atoms with Gasteiger partial charge in [0.15, 0.2) is 0 Å². The van der Waals surface area contributed by atoms with Gasteiger partial charge in [0.1, 0.15) is 5.78 Å². The summed E-state index contributed by atoms with van der Waals surface area (Å²) < 4.78 is 0. The maximum Gasteiger partial charge on any atom is 0.135 e. The third kappa shape index (κ3) is 1.54. The Morgan fingerprint density at radius 2 is 1.47 bits per heavy atom. The third-order valence-electron chi connectivity index (χ3n) is 6.48. The molecule has 0 unspecified atom stereocenters. The summed E-state index contributed by atoms with van der Waals surface area (Å²) in [4.78, 5) is 11.9. The molecule has 0 atom stereocenters. The molecule has 94 valence electrons. The van der Waals surface area contributed by atoms with Crippen molar-refractivity contribution in [2.24, 2.45) is 28.6 Å². The van der Waals surface area contributed by atoms with Crippen molar-refractivity contribution in [1.29, 1.82) is 0 Å². The van der Waals surface area contributed by atoms with Gasteiger partial charge in [0.25, 0.3) is 0 Å². The highest BCUT2D eigenvalue weighted by Crippen LogP contribution is 2.66. The highest BCUT2D eigenvalue weighted by atomic mass is 16.1. The number of carbonyl (C=O) groups is 1. The Kier molecular flexibility index (Phi) is 1.97. The molecular weight excluding hydrogens is 208 g/mol. The lowest BCUT2D eigenvalue weighted by Crippen LogP contribution is -2.47. The fourth-order valence-corrected chi connectivity index (χ4v) is 6.03. The summed E-state index contributed by atoms with van der Waals surface area (Å²) in [5.74, 6) is 3.59. The molecule has 5 saturated carbocycles. The Morgan fingerprint density at radius 3 is 1.82 bits per heavy atom. The van der Waals surface area contributed by atoms with E-state index in [1.807, 2.05) is 6.92 Å². The van der Waals surface area contributed by atoms with Crippen LogP contribution in [0.25, 0.3) is 0 Å². The van der Waals surface area contributed by atoms with Crippen LogP contribution in [0.15, 0.2) is 0 Å². The topological polar surface area (TPSA) is 17.1 Å². The Balaban J connectivity index is 1.59. The van der Waals surface area contributed by atoms with Crippen LogP contribution < -0.4 is 0 Å². The van der Waals surface area contributed by atoms with Gasteiger partial charge in [-0.3, -0.25) is 4.79 Å². The second-order valence-corrected chi connectivity index (χ2v) is 7.93. The first-order valence-electron chi connectivity index (χ1n) is 7.60. The van der Waals surface area contributed by atoms with Gasteiger partial charge in [0, 0.05) is 5.41 Å². The van der Waals surface area contributed by atoms with Crippen molar-refractivity contribution < 1.29 is 4.79 Å². The van der Waals surface area contributed by atoms with E-state index in [-0.39, 0.29) is 5.41 Å². The molecule has 1 nitrogen and oxygen atoms in total. The first-order chi connectivity index (χ1) is 8.09. The third-order valence-corrected chi connectivity index (χ3v) is 6.48. The molecule has 0 aromatic carbocycles. The molecule has 0 aliphatic heterocycles. The molecule has 0 heterocycles. The van der Waals surface area contributed by atoms with E-state index in [0.717, 1.165) is 17.8 Å². The molecule has 5 rings (SSSR count). The number of Topliss-reactive ketones (excluding diaryl/α,β-unsaturated/α-hetero) is 1. The van der Waals surface area contributed by atoms with Gasteiger partial charge >= 0.3 is 0 Å². The van der Waals surface area contributed by atoms with E-state index in [1.165, 1.54) is 57.8 Å². The number of hydrogen-bond donors (Lipinski definition) is 0. The first kappa shape index (κ1) is 10.6. The number of rotatable bonds is 3. The van der Waals surface area contributed by atoms with Crippen molar-refractivity contribution in [3.05, 3.63) is 0 Å². The van der Waals surface area contributed by atoms with E-state index in [0.29, 0.717) is 11.2 Å². The fourth-order valence-electron chi connectivity index (χ4n) is 6.03. The van der Waals surface area contributed by atoms with Crippen LogP contribution in [0, 0.1) is 28.6 Å². The minimum absolute atomic E-state index is 0.158. The van der Waals surface area contributed by atoms with E-state index in [1.54, 1.807) is 0 Å². The number of hydrogen-bond acceptors (Lipinski definition) is 1. The average molecular weight is 232 g/mol. The highest BCUT2D eigenvalue weighted by molar-refractivity contribution is 5.85. The summed E-state index contributed by atoms with van der Waals surface area (Å²) >= 11 is 0. The Bertz CT molecular complexity index is 328. The van der Waals surface area contributed by atoms with Crippen LogP contribution in [0.3, 0.4) is 0 Å². The largest absolute Gasteiger partial charge is 0.299 e. The second-order valence-electron chi connectivity index (χ2n) is 7.93. The molecule has 5 aliphatic carbocycles. The van der Waals surface area contributed by atoms with Crippen LogP contribution in [0.4, 0.5) is 0 Å². The molecule has 17 heavy (non-hydrogen) atoms. The molecule has 5 fully saturated rings. The zero-order valence-corrected chi connectivity index (χ0v) is 11.0. The van der Waals surface area contributed by atoms with E-state index in [9.17, 15) is 4.79 Å². The molecule has 0 radical (unpaired) electrons. The van der Waals surface area contributed by atoms with E-state index in [4.69, 9.17) is 0 Å². The summed E-state index contributed by atoms with van der Waals surface area (Å²) in [6.45, 7) is 1.84. The van der Waals surface area contributed by atoms with E-state index in [2.05, 4.69) is 0 Å². The van der Waals surface area contributed by atoms with Crippen LogP contribution in [0.1, 0.15) is 64.7 Å². The lowest BCUT2D eigenvalue weighted by atomic mass is 9.47. The monoisotopic (exact) mass is 232 g/mol. The fraction of sp³-hybridized carbons (Fsp3) is 0.938. The van der Waals surface area contributed by atoms with E-state index < -0.39 is 0 Å². The van der Waals surface area contributed by atoms with Crippen LogP contribution >= 0.6 is 0 Å². The Morgan fingerprint density at radius 1 is 1.00 bits per heavy atom. The second kappa shape index (κ2) is 3.16. The van der Waals surface area contributed by atoms with Gasteiger partial charge < -0.3 is 0 Å². The highest BCUT2D eigenvalue weighted by Gasteiger charge is 2.57. The first-order valence-corrected chi connectivity index (χ1v) is 7.60. The van der Waals surface area contributed by atoms with Crippen molar-refractivity contribution in [2.45, 2.75) is 64.7 Å². The standard InChI is InChI=1S/C16H24O/c1-11(17)16(2-3-16)10-15-7-12-4-13(8-15)6-14(5-12)9-15/h12-14H,2-10H2,1H3. The summed E-state index contributed by atoms with van der Waals surface area (Å²) in [7, 11) is 0. The van der Waals surface area contributed by atoms with Crippen LogP contribution in [-0.2, 0) is 4.79 Å². The molecule has 0 N–H and O–H groups in total. The van der Waals surface area contributed by atoms with Crippen LogP contribution in [0.5, 0.6) is 0 Å². The maximum atomic E-state index is 11.9. The summed E-state index contributed by atoms with van der Waals surface area (Å²) in [5, 5.41) is 0. The molecule has 4 bridgehead atoms. The molecule has 0 saturated heterocycles. The minimum Gasteiger partial charge on any atom is -0.299 e. The Hall–Kier alpha value is -0.330. The molecule has 1 heteroatoms. The molecular formula is C16H24O. The lowest BCUT2D eigenvalue weighted by Gasteiger charge is -2.57. The van der Waals surface area contributed by atoms with Crippen molar-refractivity contribution in [1.82, 2.24) is 0 Å². The number of carbonyl (C=O) groups excluding carboxylic acids is 1. The van der Waals surface area contributed by atoms with Crippen LogP contribution in [0.2, 0.25) is 0 Å². The van der Waals surface area contributed by atoms with Crippen LogP contribution in [-0.4, -0.2) is 5.78 Å². The normalized spacial score (nSPS) is 49.4. The SMILES string of the molecule is CC(=O)C1(CC23CC4CC(CC(C4)C2)C3)CC1. The van der Waals surface area contributed by atoms with E-state index >= 15 is 0 Å². The molecule has 0 spiro atoms. The maximum absolute atomic E-state index is 11.9. The van der Waals surface area contributed by atoms with Crippen molar-refractivity contribution in [2.75, 3.05) is 0 Å². The molecule has 5 aliphatic rings. The zero-order valence-electron chi connectivity index (χ0n) is 11.0. The van der Waals surface area contributed by atoms with Gasteiger partial charge in [0.05, 0.1) is 0 Å². The molecule has 0 aromatic heterocycles. The smallest absolute Gasteiger partial charge is 0.135 e. The zero-order chi connectivity index (χ0) is 11.7. The Labute approximate surface area is 104 Å². The summed E-state index contributed by atoms with van der Waals surface area (Å²) in [5.41, 5.74) is 0.766. The summed E-state index contributed by atoms with van der Waals surface area (Å²) in [6, 6.07) is 0. The van der Waals surface area contributed by atoms with Gasteiger partial charge in [-0.15, -0.1) is 0 Å². The van der Waals surface area contributed by atoms with Gasteiger partial charge in [-0.25, -0.2) is 0 Å². The minimum atomic E-state index is 0.158. The van der Waals surface area contributed by atoms with Crippen molar-refractivity contribution in [3.63, 3.8) is 0 Å². The quantitative estimate of drug-likeness (QED) is 0.719. The van der Waals surface area contributed by atoms with Gasteiger partial charge in [-0.05, 0) is 87.9 Å². The van der Waals surface area contributed by atoms with Gasteiger partial charge in [0.2, 0.25) is 0 Å². The van der Waals surface area contributed by atoms with Crippen molar-refractivity contribution in [3.8, 4) is 0 Å². The van der Waals surface area contributed by atoms with Gasteiger partial charge in [-0.2, -0.15) is 0 Å². The van der Waals surface area contributed by atoms with Crippen molar-refractivity contribution >= 4 is 5.78 Å². The molecule has 0 amide bonds. The predicted molar refractivity (Wildman–Crippen MR) is 67.6 cm³/mol. The number of ketones is 1. The average Bonchev–Trinajstić information content (AvgIpc) is 2.95.